The molecule has 0 spiro atoms. The van der Waals surface area contributed by atoms with Crippen LogP contribution in [0.2, 0.25) is 0 Å². The lowest BCUT2D eigenvalue weighted by Crippen LogP contribution is -2.16. The first-order valence-electron chi connectivity index (χ1n) is 7.38. The monoisotopic (exact) mass is 334 g/mol. The maximum Gasteiger partial charge on any atom is 0.266 e. The Hall–Kier alpha value is -2.08. The minimum Gasteiger partial charge on any atom is -0.495 e. The molecule has 0 fully saturated rings. The fourth-order valence-corrected chi connectivity index (χ4v) is 3.64. The maximum absolute atomic E-state index is 12.7. The number of hydrogen-bond acceptors (Lipinski definition) is 4. The van der Waals surface area contributed by atoms with E-state index in [0.717, 1.165) is 16.7 Å². The van der Waals surface area contributed by atoms with Gasteiger partial charge >= 0.3 is 0 Å². The van der Waals surface area contributed by atoms with Gasteiger partial charge in [0.15, 0.2) is 0 Å². The summed E-state index contributed by atoms with van der Waals surface area (Å²) in [6, 6.07) is 6.92. The number of nitrogens with zero attached hydrogens (tertiary/aromatic N) is 1. The molecule has 6 heteroatoms. The van der Waals surface area contributed by atoms with Crippen LogP contribution in [0.5, 0.6) is 5.75 Å². The number of sulfonamides is 1. The number of aromatic nitrogens is 1. The van der Waals surface area contributed by atoms with Gasteiger partial charge in [-0.25, -0.2) is 13.4 Å². The van der Waals surface area contributed by atoms with Gasteiger partial charge in [0.1, 0.15) is 16.5 Å². The summed E-state index contributed by atoms with van der Waals surface area (Å²) in [6.07, 6.45) is 1.57. The van der Waals surface area contributed by atoms with Gasteiger partial charge in [0.25, 0.3) is 10.0 Å². The van der Waals surface area contributed by atoms with Crippen molar-refractivity contribution in [2.75, 3.05) is 11.8 Å². The van der Waals surface area contributed by atoms with Crippen LogP contribution in [0.1, 0.15) is 36.5 Å². The Morgan fingerprint density at radius 2 is 1.87 bits per heavy atom. The Kier molecular flexibility index (Phi) is 4.94. The number of anilines is 1. The van der Waals surface area contributed by atoms with E-state index in [1.807, 2.05) is 27.7 Å². The second-order valence-electron chi connectivity index (χ2n) is 5.84. The SMILES string of the molecule is COc1cc(C)c(C(C)C)cc1S(=O)(=O)Nc1cc(C)ccn1. The molecule has 1 heterocycles. The molecule has 0 amide bonds. The number of hydrogen-bond donors (Lipinski definition) is 1. The van der Waals surface area contributed by atoms with E-state index >= 15 is 0 Å². The van der Waals surface area contributed by atoms with Gasteiger partial charge in [0.05, 0.1) is 7.11 Å². The molecule has 5 nitrogen and oxygen atoms in total. The summed E-state index contributed by atoms with van der Waals surface area (Å²) >= 11 is 0. The smallest absolute Gasteiger partial charge is 0.266 e. The molecule has 1 N–H and O–H groups in total. The van der Waals surface area contributed by atoms with E-state index in [4.69, 9.17) is 4.74 Å². The second kappa shape index (κ2) is 6.58. The summed E-state index contributed by atoms with van der Waals surface area (Å²) in [5.41, 5.74) is 2.91. The van der Waals surface area contributed by atoms with Gasteiger partial charge < -0.3 is 4.74 Å². The second-order valence-corrected chi connectivity index (χ2v) is 7.49. The quantitative estimate of drug-likeness (QED) is 0.906. The summed E-state index contributed by atoms with van der Waals surface area (Å²) in [5, 5.41) is 0. The van der Waals surface area contributed by atoms with Crippen molar-refractivity contribution in [3.8, 4) is 5.75 Å². The van der Waals surface area contributed by atoms with Gasteiger partial charge in [0.2, 0.25) is 0 Å². The van der Waals surface area contributed by atoms with E-state index in [2.05, 4.69) is 9.71 Å². The fraction of sp³-hybridized carbons (Fsp3) is 0.353. The number of methoxy groups -OCH3 is 1. The van der Waals surface area contributed by atoms with Crippen molar-refractivity contribution < 1.29 is 13.2 Å². The number of aryl methyl sites for hydroxylation is 2. The highest BCUT2D eigenvalue weighted by Gasteiger charge is 2.22. The van der Waals surface area contributed by atoms with Crippen LogP contribution in [-0.4, -0.2) is 20.5 Å². The molecule has 23 heavy (non-hydrogen) atoms. The molecule has 2 rings (SSSR count). The zero-order chi connectivity index (χ0) is 17.2. The molecule has 0 saturated heterocycles. The summed E-state index contributed by atoms with van der Waals surface area (Å²) in [5.74, 6) is 0.831. The van der Waals surface area contributed by atoms with Gasteiger partial charge in [-0.05, 0) is 60.7 Å². The highest BCUT2D eigenvalue weighted by atomic mass is 32.2. The summed E-state index contributed by atoms with van der Waals surface area (Å²) < 4.78 is 33.3. The Morgan fingerprint density at radius 1 is 1.17 bits per heavy atom. The summed E-state index contributed by atoms with van der Waals surface area (Å²) in [4.78, 5) is 4.17. The van der Waals surface area contributed by atoms with Gasteiger partial charge in [-0.3, -0.25) is 4.72 Å². The van der Waals surface area contributed by atoms with Crippen molar-refractivity contribution in [2.45, 2.75) is 38.5 Å². The third-order valence-corrected chi connectivity index (χ3v) is 4.99. The third-order valence-electron chi connectivity index (χ3n) is 3.62. The van der Waals surface area contributed by atoms with Crippen molar-refractivity contribution >= 4 is 15.8 Å². The van der Waals surface area contributed by atoms with Crippen molar-refractivity contribution in [3.05, 3.63) is 47.2 Å². The van der Waals surface area contributed by atoms with Crippen LogP contribution in [-0.2, 0) is 10.0 Å². The molecular weight excluding hydrogens is 312 g/mol. The van der Waals surface area contributed by atoms with Crippen molar-refractivity contribution in [1.82, 2.24) is 4.98 Å². The van der Waals surface area contributed by atoms with Crippen LogP contribution < -0.4 is 9.46 Å². The van der Waals surface area contributed by atoms with E-state index in [1.165, 1.54) is 7.11 Å². The number of benzene rings is 1. The molecule has 0 bridgehead atoms. The lowest BCUT2D eigenvalue weighted by atomic mass is 9.98. The van der Waals surface area contributed by atoms with Gasteiger partial charge in [-0.15, -0.1) is 0 Å². The van der Waals surface area contributed by atoms with Crippen LogP contribution in [0.15, 0.2) is 35.4 Å². The molecule has 0 saturated carbocycles. The Labute approximate surface area is 137 Å². The van der Waals surface area contributed by atoms with Gasteiger partial charge in [0, 0.05) is 6.20 Å². The molecule has 124 valence electrons. The lowest BCUT2D eigenvalue weighted by Gasteiger charge is -2.16. The highest BCUT2D eigenvalue weighted by Crippen LogP contribution is 2.32. The number of nitrogens with one attached hydrogen (secondary N) is 1. The molecule has 0 atom stereocenters. The molecule has 0 unspecified atom stereocenters. The predicted octanol–water partition coefficient (Wildman–Crippen LogP) is 3.63. The standard InChI is InChI=1S/C17H22N2O3S/c1-11(2)14-10-16(15(22-5)9-13(14)4)23(20,21)19-17-8-12(3)6-7-18-17/h6-11H,1-5H3,(H,18,19). The zero-order valence-corrected chi connectivity index (χ0v) is 14.9. The Morgan fingerprint density at radius 3 is 2.43 bits per heavy atom. The van der Waals surface area contributed by atoms with E-state index in [-0.39, 0.29) is 10.8 Å². The van der Waals surface area contributed by atoms with E-state index < -0.39 is 10.0 Å². The van der Waals surface area contributed by atoms with Crippen LogP contribution in [0.4, 0.5) is 5.82 Å². The van der Waals surface area contributed by atoms with Crippen molar-refractivity contribution in [3.63, 3.8) is 0 Å². The van der Waals surface area contributed by atoms with Gasteiger partial charge in [-0.1, -0.05) is 13.8 Å². The Balaban J connectivity index is 2.52. The minimum atomic E-state index is -3.78. The normalized spacial score (nSPS) is 11.6. The van der Waals surface area contributed by atoms with Crippen LogP contribution in [0.25, 0.3) is 0 Å². The molecule has 0 radical (unpaired) electrons. The van der Waals surface area contributed by atoms with E-state index in [1.54, 1.807) is 30.5 Å². The molecule has 1 aromatic carbocycles. The first-order valence-corrected chi connectivity index (χ1v) is 8.87. The first kappa shape index (κ1) is 17.3. The Bertz CT molecular complexity index is 815. The highest BCUT2D eigenvalue weighted by molar-refractivity contribution is 7.92. The summed E-state index contributed by atoms with van der Waals surface area (Å²) in [6.45, 7) is 7.88. The average Bonchev–Trinajstić information content (AvgIpc) is 2.45. The summed E-state index contributed by atoms with van der Waals surface area (Å²) in [7, 11) is -2.32. The topological polar surface area (TPSA) is 68.3 Å². The lowest BCUT2D eigenvalue weighted by molar-refractivity contribution is 0.402. The average molecular weight is 334 g/mol. The van der Waals surface area contributed by atoms with Crippen LogP contribution >= 0.6 is 0 Å². The van der Waals surface area contributed by atoms with Crippen LogP contribution in [0.3, 0.4) is 0 Å². The van der Waals surface area contributed by atoms with Crippen molar-refractivity contribution in [2.24, 2.45) is 0 Å². The van der Waals surface area contributed by atoms with Crippen LogP contribution in [0, 0.1) is 13.8 Å². The third kappa shape index (κ3) is 3.82. The maximum atomic E-state index is 12.7. The molecular formula is C17H22N2O3S. The first-order chi connectivity index (χ1) is 10.7. The molecule has 0 aliphatic heterocycles. The van der Waals surface area contributed by atoms with Crippen molar-refractivity contribution in [1.29, 1.82) is 0 Å². The largest absolute Gasteiger partial charge is 0.495 e. The molecule has 2 aromatic rings. The predicted molar refractivity (Wildman–Crippen MR) is 91.6 cm³/mol. The number of pyridine rings is 1. The number of rotatable bonds is 5. The number of ether oxygens (including phenoxy) is 1. The zero-order valence-electron chi connectivity index (χ0n) is 14.0. The van der Waals surface area contributed by atoms with Gasteiger partial charge in [-0.2, -0.15) is 0 Å². The fourth-order valence-electron chi connectivity index (χ4n) is 2.45. The molecule has 0 aliphatic rings. The minimum absolute atomic E-state index is 0.123. The van der Waals surface area contributed by atoms with E-state index in [9.17, 15) is 8.42 Å². The van der Waals surface area contributed by atoms with E-state index in [0.29, 0.717) is 11.6 Å². The molecule has 0 aliphatic carbocycles. The molecule has 1 aromatic heterocycles.